The molecule has 0 aromatic heterocycles. The van der Waals surface area contributed by atoms with Gasteiger partial charge in [0.1, 0.15) is 5.75 Å². The van der Waals surface area contributed by atoms with Gasteiger partial charge in [0.25, 0.3) is 5.91 Å². The van der Waals surface area contributed by atoms with Crippen LogP contribution in [0.5, 0.6) is 5.75 Å². The summed E-state index contributed by atoms with van der Waals surface area (Å²) in [6, 6.07) is 12.6. The zero-order chi connectivity index (χ0) is 17.7. The lowest BCUT2D eigenvalue weighted by Gasteiger charge is -2.15. The van der Waals surface area contributed by atoms with Crippen molar-refractivity contribution in [2.45, 2.75) is 13.5 Å². The van der Waals surface area contributed by atoms with E-state index in [1.54, 1.807) is 37.3 Å². The lowest BCUT2D eigenvalue weighted by atomic mass is 10.1. The smallest absolute Gasteiger partial charge is 0.256 e. The van der Waals surface area contributed by atoms with E-state index in [0.717, 1.165) is 5.56 Å². The van der Waals surface area contributed by atoms with E-state index in [1.165, 1.54) is 6.92 Å². The van der Waals surface area contributed by atoms with Gasteiger partial charge in [0.15, 0.2) is 0 Å². The topological polar surface area (TPSA) is 58.6 Å². The van der Waals surface area contributed by atoms with Gasteiger partial charge in [-0.1, -0.05) is 12.1 Å². The van der Waals surface area contributed by atoms with Crippen molar-refractivity contribution in [2.75, 3.05) is 19.5 Å². The Labute approximate surface area is 149 Å². The van der Waals surface area contributed by atoms with Crippen LogP contribution in [0.3, 0.4) is 0 Å². The molecule has 0 radical (unpaired) electrons. The Morgan fingerprint density at radius 2 is 1.96 bits per heavy atom. The lowest BCUT2D eigenvalue weighted by molar-refractivity contribution is -0.128. The normalized spacial score (nSPS) is 10.2. The number of hydrogen-bond donors (Lipinski definition) is 1. The predicted molar refractivity (Wildman–Crippen MR) is 97.2 cm³/mol. The first kappa shape index (κ1) is 18.0. The molecule has 0 bridgehead atoms. The summed E-state index contributed by atoms with van der Waals surface area (Å²) < 4.78 is 5.85. The van der Waals surface area contributed by atoms with E-state index in [1.807, 2.05) is 24.3 Å². The molecule has 0 aliphatic heterocycles. The Bertz CT molecular complexity index is 762. The molecule has 126 valence electrons. The van der Waals surface area contributed by atoms with Gasteiger partial charge in [0, 0.05) is 30.7 Å². The summed E-state index contributed by atoms with van der Waals surface area (Å²) >= 11 is 3.38. The maximum absolute atomic E-state index is 12.5. The first-order valence-electron chi connectivity index (χ1n) is 7.36. The zero-order valence-corrected chi connectivity index (χ0v) is 15.4. The second-order valence-electron chi connectivity index (χ2n) is 5.38. The van der Waals surface area contributed by atoms with Crippen molar-refractivity contribution in [3.8, 4) is 5.75 Å². The standard InChI is InChI=1S/C18H19BrN2O3/c1-12(22)21(2)11-13-5-4-6-14(9-13)20-18(23)16-10-15(24-3)7-8-17(16)19/h4-10H,11H2,1-3H3,(H,20,23). The van der Waals surface area contributed by atoms with Crippen molar-refractivity contribution in [3.05, 3.63) is 58.1 Å². The molecule has 0 atom stereocenters. The van der Waals surface area contributed by atoms with Gasteiger partial charge in [0.2, 0.25) is 5.91 Å². The lowest BCUT2D eigenvalue weighted by Crippen LogP contribution is -2.23. The molecule has 24 heavy (non-hydrogen) atoms. The highest BCUT2D eigenvalue weighted by atomic mass is 79.9. The van der Waals surface area contributed by atoms with Crippen LogP contribution in [0.4, 0.5) is 5.69 Å². The number of carbonyl (C=O) groups is 2. The van der Waals surface area contributed by atoms with Gasteiger partial charge in [-0.05, 0) is 51.8 Å². The van der Waals surface area contributed by atoms with E-state index in [0.29, 0.717) is 28.0 Å². The molecule has 2 rings (SSSR count). The highest BCUT2D eigenvalue weighted by molar-refractivity contribution is 9.10. The Morgan fingerprint density at radius 1 is 1.21 bits per heavy atom. The van der Waals surface area contributed by atoms with Gasteiger partial charge < -0.3 is 15.0 Å². The summed E-state index contributed by atoms with van der Waals surface area (Å²) in [5, 5.41) is 2.87. The van der Waals surface area contributed by atoms with E-state index in [2.05, 4.69) is 21.2 Å². The summed E-state index contributed by atoms with van der Waals surface area (Å²) in [6.07, 6.45) is 0. The third kappa shape index (κ3) is 4.58. The molecule has 0 aliphatic rings. The molecule has 0 aliphatic carbocycles. The van der Waals surface area contributed by atoms with Crippen molar-refractivity contribution in [1.82, 2.24) is 4.90 Å². The predicted octanol–water partition coefficient (Wildman–Crippen LogP) is 3.69. The number of nitrogens with zero attached hydrogens (tertiary/aromatic N) is 1. The molecular weight excluding hydrogens is 372 g/mol. The van der Waals surface area contributed by atoms with Crippen LogP contribution in [-0.4, -0.2) is 30.9 Å². The summed E-state index contributed by atoms with van der Waals surface area (Å²) in [4.78, 5) is 25.4. The monoisotopic (exact) mass is 390 g/mol. The number of rotatable bonds is 5. The number of ether oxygens (including phenoxy) is 1. The van der Waals surface area contributed by atoms with Crippen LogP contribution in [0.15, 0.2) is 46.9 Å². The van der Waals surface area contributed by atoms with Crippen LogP contribution in [0.1, 0.15) is 22.8 Å². The first-order chi connectivity index (χ1) is 11.4. The third-order valence-corrected chi connectivity index (χ3v) is 4.25. The van der Waals surface area contributed by atoms with Crippen molar-refractivity contribution in [2.24, 2.45) is 0 Å². The number of anilines is 1. The van der Waals surface area contributed by atoms with Gasteiger partial charge in [-0.3, -0.25) is 9.59 Å². The van der Waals surface area contributed by atoms with Crippen LogP contribution in [0.2, 0.25) is 0 Å². The minimum Gasteiger partial charge on any atom is -0.497 e. The number of methoxy groups -OCH3 is 1. The zero-order valence-electron chi connectivity index (χ0n) is 13.8. The SMILES string of the molecule is COc1ccc(Br)c(C(=O)Nc2cccc(CN(C)C(C)=O)c2)c1. The third-order valence-electron chi connectivity index (χ3n) is 3.56. The van der Waals surface area contributed by atoms with Crippen molar-refractivity contribution in [1.29, 1.82) is 0 Å². The molecule has 0 spiro atoms. The quantitative estimate of drug-likeness (QED) is 0.846. The van der Waals surface area contributed by atoms with Crippen LogP contribution in [-0.2, 0) is 11.3 Å². The van der Waals surface area contributed by atoms with Crippen molar-refractivity contribution < 1.29 is 14.3 Å². The second kappa shape index (κ2) is 7.97. The molecule has 0 heterocycles. The Kier molecular flexibility index (Phi) is 5.98. The number of amides is 2. The van der Waals surface area contributed by atoms with Gasteiger partial charge in [-0.15, -0.1) is 0 Å². The maximum Gasteiger partial charge on any atom is 0.256 e. The van der Waals surface area contributed by atoms with Crippen LogP contribution in [0, 0.1) is 0 Å². The molecule has 0 saturated heterocycles. The second-order valence-corrected chi connectivity index (χ2v) is 6.23. The fraction of sp³-hybridized carbons (Fsp3) is 0.222. The Balaban J connectivity index is 2.16. The van der Waals surface area contributed by atoms with E-state index in [4.69, 9.17) is 4.74 Å². The largest absolute Gasteiger partial charge is 0.497 e. The summed E-state index contributed by atoms with van der Waals surface area (Å²) in [7, 11) is 3.29. The average Bonchev–Trinajstić information content (AvgIpc) is 2.55. The average molecular weight is 391 g/mol. The fourth-order valence-electron chi connectivity index (χ4n) is 2.14. The Morgan fingerprint density at radius 3 is 2.62 bits per heavy atom. The molecule has 2 amide bonds. The molecular formula is C18H19BrN2O3. The van der Waals surface area contributed by atoms with Gasteiger partial charge in [0.05, 0.1) is 12.7 Å². The van der Waals surface area contributed by atoms with E-state index < -0.39 is 0 Å². The van der Waals surface area contributed by atoms with Crippen molar-refractivity contribution >= 4 is 33.4 Å². The number of halogens is 1. The fourth-order valence-corrected chi connectivity index (χ4v) is 2.56. The number of hydrogen-bond acceptors (Lipinski definition) is 3. The number of nitrogens with one attached hydrogen (secondary N) is 1. The minimum absolute atomic E-state index is 0.00949. The van der Waals surface area contributed by atoms with E-state index in [9.17, 15) is 9.59 Å². The molecule has 6 heteroatoms. The highest BCUT2D eigenvalue weighted by Crippen LogP contribution is 2.24. The minimum atomic E-state index is -0.238. The molecule has 0 fully saturated rings. The summed E-state index contributed by atoms with van der Waals surface area (Å²) in [6.45, 7) is 2.01. The summed E-state index contributed by atoms with van der Waals surface area (Å²) in [5.41, 5.74) is 2.10. The Hall–Kier alpha value is -2.34. The van der Waals surface area contributed by atoms with E-state index in [-0.39, 0.29) is 11.8 Å². The first-order valence-corrected chi connectivity index (χ1v) is 8.15. The molecule has 1 N–H and O–H groups in total. The molecule has 2 aromatic rings. The van der Waals surface area contributed by atoms with Gasteiger partial charge in [-0.2, -0.15) is 0 Å². The summed E-state index contributed by atoms with van der Waals surface area (Å²) in [5.74, 6) is 0.364. The highest BCUT2D eigenvalue weighted by Gasteiger charge is 2.12. The van der Waals surface area contributed by atoms with E-state index >= 15 is 0 Å². The van der Waals surface area contributed by atoms with Gasteiger partial charge in [-0.25, -0.2) is 0 Å². The molecule has 0 saturated carbocycles. The van der Waals surface area contributed by atoms with Crippen LogP contribution >= 0.6 is 15.9 Å². The maximum atomic E-state index is 12.5. The number of benzene rings is 2. The molecule has 2 aromatic carbocycles. The number of carbonyl (C=O) groups excluding carboxylic acids is 2. The van der Waals surface area contributed by atoms with Crippen LogP contribution in [0.25, 0.3) is 0 Å². The van der Waals surface area contributed by atoms with Gasteiger partial charge >= 0.3 is 0 Å². The van der Waals surface area contributed by atoms with Crippen molar-refractivity contribution in [3.63, 3.8) is 0 Å². The van der Waals surface area contributed by atoms with Crippen LogP contribution < -0.4 is 10.1 Å². The molecule has 5 nitrogen and oxygen atoms in total. The molecule has 0 unspecified atom stereocenters.